The van der Waals surface area contributed by atoms with Gasteiger partial charge >= 0.3 is 0 Å². The molecule has 3 N–H and O–H groups in total. The highest BCUT2D eigenvalue weighted by Crippen LogP contribution is 2.60. The normalized spacial score (nSPS) is 34.4. The Hall–Kier alpha value is -1.59. The third-order valence-corrected chi connectivity index (χ3v) is 6.76. The highest BCUT2D eigenvalue weighted by molar-refractivity contribution is 6.31. The zero-order valence-corrected chi connectivity index (χ0v) is 14.7. The number of H-pyrrole nitrogens is 1. The van der Waals surface area contributed by atoms with Gasteiger partial charge in [0, 0.05) is 22.4 Å². The topological polar surface area (TPSA) is 78.0 Å². The van der Waals surface area contributed by atoms with Crippen molar-refractivity contribution < 1.29 is 9.90 Å². The van der Waals surface area contributed by atoms with Gasteiger partial charge in [-0.15, -0.1) is 0 Å². The summed E-state index contributed by atoms with van der Waals surface area (Å²) in [4.78, 5) is 12.3. The van der Waals surface area contributed by atoms with E-state index in [1.165, 1.54) is 12.8 Å². The molecular formula is C19H22ClN3O2. The minimum absolute atomic E-state index is 0.207. The first-order valence-electron chi connectivity index (χ1n) is 9.21. The smallest absolute Gasteiger partial charge is 0.223 e. The Morgan fingerprint density at radius 1 is 1.28 bits per heavy atom. The van der Waals surface area contributed by atoms with Crippen molar-refractivity contribution in [3.8, 4) is 0 Å². The summed E-state index contributed by atoms with van der Waals surface area (Å²) in [6.07, 6.45) is 7.50. The number of nitrogens with zero attached hydrogens (tertiary/aromatic N) is 1. The van der Waals surface area contributed by atoms with E-state index in [4.69, 9.17) is 11.6 Å². The molecule has 0 saturated heterocycles. The lowest BCUT2D eigenvalue weighted by Gasteiger charge is -2.27. The number of carbonyl (C=O) groups excluding carboxylic acids is 1. The van der Waals surface area contributed by atoms with Crippen molar-refractivity contribution in [3.05, 3.63) is 28.9 Å². The third-order valence-electron chi connectivity index (χ3n) is 6.54. The van der Waals surface area contributed by atoms with Crippen molar-refractivity contribution in [1.29, 1.82) is 0 Å². The largest absolute Gasteiger partial charge is 0.385 e. The number of benzene rings is 1. The molecule has 1 heterocycles. The Balaban J connectivity index is 1.32. The maximum Gasteiger partial charge on any atom is 0.223 e. The van der Waals surface area contributed by atoms with Crippen LogP contribution < -0.4 is 5.32 Å². The summed E-state index contributed by atoms with van der Waals surface area (Å²) in [6.45, 7) is 0. The van der Waals surface area contributed by atoms with Gasteiger partial charge in [-0.1, -0.05) is 24.4 Å². The van der Waals surface area contributed by atoms with Gasteiger partial charge in [-0.2, -0.15) is 5.10 Å². The molecule has 5 rings (SSSR count). The molecule has 3 saturated carbocycles. The van der Waals surface area contributed by atoms with Crippen molar-refractivity contribution in [1.82, 2.24) is 15.5 Å². The quantitative estimate of drug-likeness (QED) is 0.787. The van der Waals surface area contributed by atoms with E-state index in [2.05, 4.69) is 15.5 Å². The molecule has 0 bridgehead atoms. The van der Waals surface area contributed by atoms with Gasteiger partial charge in [-0.05, 0) is 55.2 Å². The summed E-state index contributed by atoms with van der Waals surface area (Å²) < 4.78 is 0. The number of hydrogen-bond donors (Lipinski definition) is 3. The van der Waals surface area contributed by atoms with Crippen molar-refractivity contribution in [3.63, 3.8) is 0 Å². The van der Waals surface area contributed by atoms with Crippen LogP contribution in [0.1, 0.15) is 44.1 Å². The third kappa shape index (κ3) is 2.48. The summed E-state index contributed by atoms with van der Waals surface area (Å²) in [5, 5.41) is 23.0. The van der Waals surface area contributed by atoms with E-state index in [1.807, 2.05) is 12.1 Å². The van der Waals surface area contributed by atoms with Gasteiger partial charge in [-0.25, -0.2) is 0 Å². The van der Waals surface area contributed by atoms with E-state index in [1.54, 1.807) is 6.20 Å². The minimum atomic E-state index is -0.878. The fourth-order valence-electron chi connectivity index (χ4n) is 5.17. The van der Waals surface area contributed by atoms with Gasteiger partial charge < -0.3 is 10.4 Å². The molecule has 1 amide bonds. The summed E-state index contributed by atoms with van der Waals surface area (Å²) in [7, 11) is 0. The Kier molecular flexibility index (Phi) is 3.41. The lowest BCUT2D eigenvalue weighted by Crippen LogP contribution is -2.36. The van der Waals surface area contributed by atoms with Crippen LogP contribution in [-0.2, 0) is 10.4 Å². The van der Waals surface area contributed by atoms with Gasteiger partial charge in [0.15, 0.2) is 0 Å². The van der Waals surface area contributed by atoms with E-state index in [0.717, 1.165) is 29.3 Å². The molecule has 0 radical (unpaired) electrons. The molecule has 1 aromatic heterocycles. The Labute approximate surface area is 151 Å². The van der Waals surface area contributed by atoms with Crippen LogP contribution in [0.3, 0.4) is 0 Å². The van der Waals surface area contributed by atoms with Crippen LogP contribution in [0, 0.1) is 17.8 Å². The number of aromatic nitrogens is 2. The van der Waals surface area contributed by atoms with Crippen molar-refractivity contribution in [2.75, 3.05) is 0 Å². The standard InChI is InChI=1S/C19H22ClN3O2/c20-11-5-15(14-9-21-23-16(14)6-11)19(25)7-12-13(8-19)17(12)22-18(24)10-3-1-2-4-10/h5-6,9-10,12-13,17,25H,1-4,7-8H2,(H,21,23)(H,22,24). The average molecular weight is 360 g/mol. The summed E-state index contributed by atoms with van der Waals surface area (Å²) in [5.74, 6) is 1.17. The molecular weight excluding hydrogens is 338 g/mol. The lowest BCUT2D eigenvalue weighted by atomic mass is 9.86. The number of fused-ring (bicyclic) bond motifs is 2. The van der Waals surface area contributed by atoms with Crippen LogP contribution in [0.5, 0.6) is 0 Å². The fraction of sp³-hybridized carbons (Fsp3) is 0.579. The Morgan fingerprint density at radius 2 is 2.00 bits per heavy atom. The van der Waals surface area contributed by atoms with Crippen LogP contribution in [0.4, 0.5) is 0 Å². The lowest BCUT2D eigenvalue weighted by molar-refractivity contribution is -0.125. The molecule has 1 aromatic carbocycles. The number of aliphatic hydroxyl groups is 1. The summed E-state index contributed by atoms with van der Waals surface area (Å²) in [6, 6.07) is 3.93. The van der Waals surface area contributed by atoms with Crippen LogP contribution >= 0.6 is 11.6 Å². The Morgan fingerprint density at radius 3 is 2.72 bits per heavy atom. The zero-order valence-electron chi connectivity index (χ0n) is 14.0. The number of amides is 1. The van der Waals surface area contributed by atoms with E-state index in [9.17, 15) is 9.90 Å². The molecule has 0 aliphatic heterocycles. The molecule has 25 heavy (non-hydrogen) atoms. The van der Waals surface area contributed by atoms with Gasteiger partial charge in [0.25, 0.3) is 0 Å². The van der Waals surface area contributed by atoms with Crippen molar-refractivity contribution in [2.45, 2.75) is 50.2 Å². The summed E-state index contributed by atoms with van der Waals surface area (Å²) >= 11 is 6.22. The maximum atomic E-state index is 12.3. The van der Waals surface area contributed by atoms with E-state index in [-0.39, 0.29) is 17.9 Å². The fourth-order valence-corrected chi connectivity index (χ4v) is 5.39. The van der Waals surface area contributed by atoms with Crippen molar-refractivity contribution >= 4 is 28.4 Å². The number of halogens is 1. The number of nitrogens with one attached hydrogen (secondary N) is 2. The number of aromatic amines is 1. The van der Waals surface area contributed by atoms with Gasteiger partial charge in [0.1, 0.15) is 0 Å². The first-order chi connectivity index (χ1) is 12.0. The molecule has 2 unspecified atom stereocenters. The number of hydrogen-bond acceptors (Lipinski definition) is 3. The van der Waals surface area contributed by atoms with Crippen molar-refractivity contribution in [2.24, 2.45) is 17.8 Å². The zero-order chi connectivity index (χ0) is 17.2. The molecule has 132 valence electrons. The summed E-state index contributed by atoms with van der Waals surface area (Å²) in [5.41, 5.74) is 0.830. The van der Waals surface area contributed by atoms with E-state index in [0.29, 0.717) is 29.7 Å². The second kappa shape index (κ2) is 5.45. The second-order valence-electron chi connectivity index (χ2n) is 8.07. The maximum absolute atomic E-state index is 12.3. The second-order valence-corrected chi connectivity index (χ2v) is 8.50. The van der Waals surface area contributed by atoms with E-state index < -0.39 is 5.60 Å². The van der Waals surface area contributed by atoms with Gasteiger partial charge in [0.2, 0.25) is 5.91 Å². The highest BCUT2D eigenvalue weighted by Gasteiger charge is 2.62. The highest BCUT2D eigenvalue weighted by atomic mass is 35.5. The molecule has 3 aliphatic carbocycles. The molecule has 3 aliphatic rings. The van der Waals surface area contributed by atoms with Gasteiger partial charge in [0.05, 0.1) is 17.3 Å². The first kappa shape index (κ1) is 15.6. The first-order valence-corrected chi connectivity index (χ1v) is 9.59. The molecule has 0 spiro atoms. The number of carbonyl (C=O) groups is 1. The molecule has 2 aromatic rings. The average Bonchev–Trinajstić information content (AvgIpc) is 3.12. The Bertz CT molecular complexity index is 830. The van der Waals surface area contributed by atoms with E-state index >= 15 is 0 Å². The van der Waals surface area contributed by atoms with Gasteiger partial charge in [-0.3, -0.25) is 9.89 Å². The minimum Gasteiger partial charge on any atom is -0.385 e. The van der Waals surface area contributed by atoms with Crippen LogP contribution in [0.15, 0.2) is 18.3 Å². The van der Waals surface area contributed by atoms with Crippen LogP contribution in [0.2, 0.25) is 5.02 Å². The van der Waals surface area contributed by atoms with Crippen LogP contribution in [-0.4, -0.2) is 27.3 Å². The predicted octanol–water partition coefficient (Wildman–Crippen LogP) is 3.12. The monoisotopic (exact) mass is 359 g/mol. The predicted molar refractivity (Wildman–Crippen MR) is 95.1 cm³/mol. The molecule has 5 nitrogen and oxygen atoms in total. The van der Waals surface area contributed by atoms with Crippen LogP contribution in [0.25, 0.3) is 10.9 Å². The molecule has 2 atom stereocenters. The SMILES string of the molecule is O=C(NC1C2CC(O)(c3cc(Cl)cc4[nH]ncc34)CC21)C1CCCC1. The number of rotatable bonds is 3. The molecule has 6 heteroatoms. The molecule has 3 fully saturated rings.